The van der Waals surface area contributed by atoms with Crippen LogP contribution in [0.3, 0.4) is 0 Å². The van der Waals surface area contributed by atoms with Crippen molar-refractivity contribution >= 4 is 38.9 Å². The van der Waals surface area contributed by atoms with Gasteiger partial charge in [-0.1, -0.05) is 6.07 Å². The van der Waals surface area contributed by atoms with Gasteiger partial charge >= 0.3 is 0 Å². The summed E-state index contributed by atoms with van der Waals surface area (Å²) in [6.45, 7) is 2.50. The number of nitrogen functional groups attached to an aromatic ring is 1. The number of nitrogens with two attached hydrogens (primary N) is 1. The van der Waals surface area contributed by atoms with Gasteiger partial charge in [0.05, 0.1) is 27.8 Å². The molecule has 0 unspecified atom stereocenters. The second kappa shape index (κ2) is 5.71. The molecule has 1 amide bonds. The molecule has 4 nitrogen and oxygen atoms in total. The van der Waals surface area contributed by atoms with Crippen molar-refractivity contribution in [3.8, 4) is 0 Å². The number of carbonyl (C=O) groups is 1. The normalized spacial score (nSPS) is 10.5. The van der Waals surface area contributed by atoms with E-state index < -0.39 is 0 Å². The monoisotopic (exact) mass is 339 g/mol. The van der Waals surface area contributed by atoms with E-state index in [0.29, 0.717) is 22.3 Å². The van der Waals surface area contributed by atoms with Crippen LogP contribution in [0.25, 0.3) is 0 Å². The largest absolute Gasteiger partial charge is 0.398 e. The van der Waals surface area contributed by atoms with Crippen LogP contribution in [0.1, 0.15) is 20.9 Å². The zero-order valence-electron chi connectivity index (χ0n) is 10.7. The zero-order chi connectivity index (χ0) is 14.0. The number of hydrogen-bond acceptors (Lipinski definition) is 4. The van der Waals surface area contributed by atoms with Gasteiger partial charge in [0.1, 0.15) is 0 Å². The molecule has 0 aliphatic rings. The molecule has 1 aromatic heterocycles. The summed E-state index contributed by atoms with van der Waals surface area (Å²) in [6, 6.07) is 5.30. The van der Waals surface area contributed by atoms with Gasteiger partial charge < -0.3 is 10.6 Å². The fourth-order valence-electron chi connectivity index (χ4n) is 1.69. The average molecular weight is 340 g/mol. The van der Waals surface area contributed by atoms with Gasteiger partial charge in [-0.3, -0.25) is 4.79 Å². The van der Waals surface area contributed by atoms with E-state index in [-0.39, 0.29) is 5.91 Å². The first-order chi connectivity index (χ1) is 9.00. The summed E-state index contributed by atoms with van der Waals surface area (Å²) >= 11 is 4.92. The molecular weight excluding hydrogens is 326 g/mol. The molecule has 0 radical (unpaired) electrons. The number of amides is 1. The molecule has 100 valence electrons. The molecule has 19 heavy (non-hydrogen) atoms. The number of halogens is 1. The number of aromatic nitrogens is 1. The Hall–Kier alpha value is -1.40. The standard InChI is InChI=1S/C13H14BrN3OS/c1-8-11(19-7-16-8)6-17(2)13(18)9-4-3-5-10(15)12(9)14/h3-5,7H,6,15H2,1-2H3. The summed E-state index contributed by atoms with van der Waals surface area (Å²) in [5.41, 5.74) is 9.69. The Balaban J connectivity index is 2.20. The molecule has 0 spiro atoms. The number of rotatable bonds is 3. The van der Waals surface area contributed by atoms with Gasteiger partial charge in [-0.25, -0.2) is 4.98 Å². The van der Waals surface area contributed by atoms with E-state index in [1.807, 2.05) is 6.92 Å². The number of hydrogen-bond donors (Lipinski definition) is 1. The van der Waals surface area contributed by atoms with Gasteiger partial charge in [0.15, 0.2) is 0 Å². The Morgan fingerprint density at radius 2 is 2.26 bits per heavy atom. The molecule has 0 aliphatic heterocycles. The van der Waals surface area contributed by atoms with E-state index in [1.165, 1.54) is 0 Å². The van der Waals surface area contributed by atoms with Gasteiger partial charge in [0.2, 0.25) is 0 Å². The first-order valence-corrected chi connectivity index (χ1v) is 7.36. The Labute approximate surface area is 124 Å². The Kier molecular flexibility index (Phi) is 4.21. The zero-order valence-corrected chi connectivity index (χ0v) is 13.1. The third-order valence-corrected chi connectivity index (χ3v) is 4.64. The van der Waals surface area contributed by atoms with Crippen LogP contribution in [-0.2, 0) is 6.54 Å². The highest BCUT2D eigenvalue weighted by Crippen LogP contribution is 2.25. The predicted molar refractivity (Wildman–Crippen MR) is 81.2 cm³/mol. The minimum atomic E-state index is -0.0630. The quantitative estimate of drug-likeness (QED) is 0.874. The second-order valence-corrected chi connectivity index (χ2v) is 5.96. The van der Waals surface area contributed by atoms with E-state index in [0.717, 1.165) is 10.6 Å². The Morgan fingerprint density at radius 3 is 2.89 bits per heavy atom. The Bertz CT molecular complexity index is 612. The van der Waals surface area contributed by atoms with Crippen molar-refractivity contribution < 1.29 is 4.79 Å². The molecule has 0 aliphatic carbocycles. The maximum atomic E-state index is 12.4. The molecule has 0 fully saturated rings. The van der Waals surface area contributed by atoms with Crippen LogP contribution in [0.2, 0.25) is 0 Å². The molecule has 2 aromatic rings. The molecule has 2 N–H and O–H groups in total. The van der Waals surface area contributed by atoms with Gasteiger partial charge in [0.25, 0.3) is 5.91 Å². The molecule has 0 atom stereocenters. The topological polar surface area (TPSA) is 59.2 Å². The number of benzene rings is 1. The minimum Gasteiger partial charge on any atom is -0.398 e. The highest BCUT2D eigenvalue weighted by atomic mass is 79.9. The van der Waals surface area contributed by atoms with Gasteiger partial charge in [0, 0.05) is 17.6 Å². The first kappa shape index (κ1) is 14.0. The van der Waals surface area contributed by atoms with Crippen LogP contribution in [0.5, 0.6) is 0 Å². The smallest absolute Gasteiger partial charge is 0.255 e. The van der Waals surface area contributed by atoms with E-state index in [2.05, 4.69) is 20.9 Å². The molecule has 2 rings (SSSR count). The van der Waals surface area contributed by atoms with Crippen LogP contribution in [0.15, 0.2) is 28.2 Å². The van der Waals surface area contributed by atoms with Crippen molar-refractivity contribution in [2.24, 2.45) is 0 Å². The van der Waals surface area contributed by atoms with Crippen molar-refractivity contribution in [1.82, 2.24) is 9.88 Å². The molecule has 0 saturated carbocycles. The summed E-state index contributed by atoms with van der Waals surface area (Å²) in [7, 11) is 1.77. The fourth-order valence-corrected chi connectivity index (χ4v) is 2.95. The summed E-state index contributed by atoms with van der Waals surface area (Å²) in [5.74, 6) is -0.0630. The van der Waals surface area contributed by atoms with Crippen LogP contribution < -0.4 is 5.73 Å². The first-order valence-electron chi connectivity index (χ1n) is 5.69. The lowest BCUT2D eigenvalue weighted by Crippen LogP contribution is -2.26. The summed E-state index contributed by atoms with van der Waals surface area (Å²) < 4.78 is 0.646. The maximum Gasteiger partial charge on any atom is 0.255 e. The van der Waals surface area contributed by atoms with Crippen molar-refractivity contribution in [3.05, 3.63) is 44.3 Å². The summed E-state index contributed by atoms with van der Waals surface area (Å²) in [4.78, 5) is 19.3. The predicted octanol–water partition coefficient (Wildman–Crippen LogP) is 3.07. The van der Waals surface area contributed by atoms with Crippen molar-refractivity contribution in [1.29, 1.82) is 0 Å². The highest BCUT2D eigenvalue weighted by Gasteiger charge is 2.17. The molecular formula is C13H14BrN3OS. The molecule has 0 bridgehead atoms. The molecule has 0 saturated heterocycles. The number of carbonyl (C=O) groups excluding carboxylic acids is 1. The van der Waals surface area contributed by atoms with Gasteiger partial charge in [-0.15, -0.1) is 11.3 Å². The average Bonchev–Trinajstić information content (AvgIpc) is 2.77. The van der Waals surface area contributed by atoms with Crippen molar-refractivity contribution in [3.63, 3.8) is 0 Å². The molecule has 6 heteroatoms. The third kappa shape index (κ3) is 2.96. The van der Waals surface area contributed by atoms with Crippen LogP contribution in [0.4, 0.5) is 5.69 Å². The lowest BCUT2D eigenvalue weighted by Gasteiger charge is -2.18. The van der Waals surface area contributed by atoms with Crippen LogP contribution in [-0.4, -0.2) is 22.8 Å². The molecule has 1 aromatic carbocycles. The number of aryl methyl sites for hydroxylation is 1. The maximum absolute atomic E-state index is 12.4. The number of thiazole rings is 1. The van der Waals surface area contributed by atoms with E-state index in [4.69, 9.17) is 5.73 Å². The lowest BCUT2D eigenvalue weighted by molar-refractivity contribution is 0.0785. The van der Waals surface area contributed by atoms with Crippen LogP contribution in [0, 0.1) is 6.92 Å². The van der Waals surface area contributed by atoms with E-state index in [9.17, 15) is 4.79 Å². The van der Waals surface area contributed by atoms with Crippen molar-refractivity contribution in [2.75, 3.05) is 12.8 Å². The molecule has 1 heterocycles. The minimum absolute atomic E-state index is 0.0630. The third-order valence-electron chi connectivity index (χ3n) is 2.83. The highest BCUT2D eigenvalue weighted by molar-refractivity contribution is 9.10. The van der Waals surface area contributed by atoms with Crippen LogP contribution >= 0.6 is 27.3 Å². The number of anilines is 1. The van der Waals surface area contributed by atoms with E-state index in [1.54, 1.807) is 47.0 Å². The van der Waals surface area contributed by atoms with Crippen molar-refractivity contribution in [2.45, 2.75) is 13.5 Å². The number of nitrogens with zero attached hydrogens (tertiary/aromatic N) is 2. The van der Waals surface area contributed by atoms with Gasteiger partial charge in [-0.2, -0.15) is 0 Å². The SMILES string of the molecule is Cc1ncsc1CN(C)C(=O)c1cccc(N)c1Br. The summed E-state index contributed by atoms with van der Waals surface area (Å²) in [5, 5.41) is 0. The lowest BCUT2D eigenvalue weighted by atomic mass is 10.2. The fraction of sp³-hybridized carbons (Fsp3) is 0.231. The van der Waals surface area contributed by atoms with E-state index >= 15 is 0 Å². The van der Waals surface area contributed by atoms with Gasteiger partial charge in [-0.05, 0) is 35.0 Å². The Morgan fingerprint density at radius 1 is 1.53 bits per heavy atom. The summed E-state index contributed by atoms with van der Waals surface area (Å²) in [6.07, 6.45) is 0. The second-order valence-electron chi connectivity index (χ2n) is 4.23.